The Morgan fingerprint density at radius 2 is 2.05 bits per heavy atom. The van der Waals surface area contributed by atoms with Gasteiger partial charge in [0.15, 0.2) is 0 Å². The molecular formula is C14H20N2O3S. The van der Waals surface area contributed by atoms with Crippen molar-refractivity contribution in [3.05, 3.63) is 23.8 Å². The lowest BCUT2D eigenvalue weighted by Crippen LogP contribution is -2.33. The zero-order chi connectivity index (χ0) is 14.0. The summed E-state index contributed by atoms with van der Waals surface area (Å²) in [5, 5.41) is 3.30. The summed E-state index contributed by atoms with van der Waals surface area (Å²) in [7, 11) is -3.39. The van der Waals surface area contributed by atoms with Crippen molar-refractivity contribution in [1.29, 1.82) is 0 Å². The van der Waals surface area contributed by atoms with Crippen molar-refractivity contribution in [2.24, 2.45) is 0 Å². The van der Waals surface area contributed by atoms with E-state index >= 15 is 0 Å². The van der Waals surface area contributed by atoms with Gasteiger partial charge >= 0.3 is 0 Å². The van der Waals surface area contributed by atoms with E-state index < -0.39 is 10.0 Å². The largest absolute Gasteiger partial charge is 0.385 e. The van der Waals surface area contributed by atoms with E-state index in [1.54, 1.807) is 6.07 Å². The molecule has 0 atom stereocenters. The molecule has 110 valence electrons. The molecule has 20 heavy (non-hydrogen) atoms. The maximum atomic E-state index is 12.7. The van der Waals surface area contributed by atoms with E-state index in [2.05, 4.69) is 5.32 Å². The number of anilines is 1. The number of hydrogen-bond acceptors (Lipinski definition) is 4. The van der Waals surface area contributed by atoms with Crippen molar-refractivity contribution in [2.45, 2.75) is 24.2 Å². The number of hydrogen-bond donors (Lipinski definition) is 1. The molecule has 1 aromatic carbocycles. The highest BCUT2D eigenvalue weighted by atomic mass is 32.2. The number of benzene rings is 1. The maximum Gasteiger partial charge on any atom is 0.243 e. The Hall–Kier alpha value is -1.11. The van der Waals surface area contributed by atoms with Gasteiger partial charge in [-0.15, -0.1) is 0 Å². The van der Waals surface area contributed by atoms with Crippen LogP contribution in [0.25, 0.3) is 0 Å². The molecule has 1 aromatic rings. The molecule has 3 rings (SSSR count). The van der Waals surface area contributed by atoms with Crippen LogP contribution >= 0.6 is 0 Å². The van der Waals surface area contributed by atoms with Crippen molar-refractivity contribution in [3.63, 3.8) is 0 Å². The lowest BCUT2D eigenvalue weighted by molar-refractivity contribution is 0.148. The predicted molar refractivity (Wildman–Crippen MR) is 77.4 cm³/mol. The van der Waals surface area contributed by atoms with Gasteiger partial charge in [0, 0.05) is 31.9 Å². The number of ether oxygens (including phenoxy) is 1. The van der Waals surface area contributed by atoms with Gasteiger partial charge in [-0.1, -0.05) is 0 Å². The number of sulfonamides is 1. The summed E-state index contributed by atoms with van der Waals surface area (Å²) < 4.78 is 32.2. The van der Waals surface area contributed by atoms with E-state index in [0.29, 0.717) is 31.2 Å². The summed E-state index contributed by atoms with van der Waals surface area (Å²) in [5.41, 5.74) is 2.16. The van der Waals surface area contributed by atoms with Crippen LogP contribution < -0.4 is 5.32 Å². The van der Waals surface area contributed by atoms with Crippen LogP contribution in [0.2, 0.25) is 0 Å². The van der Waals surface area contributed by atoms with E-state index in [4.69, 9.17) is 4.74 Å². The van der Waals surface area contributed by atoms with E-state index in [1.165, 1.54) is 4.31 Å². The molecule has 0 radical (unpaired) electrons. The first-order chi connectivity index (χ1) is 9.68. The van der Waals surface area contributed by atoms with Crippen molar-refractivity contribution in [2.75, 3.05) is 38.2 Å². The van der Waals surface area contributed by atoms with Crippen molar-refractivity contribution in [3.8, 4) is 0 Å². The van der Waals surface area contributed by atoms with Crippen LogP contribution in [-0.2, 0) is 21.2 Å². The van der Waals surface area contributed by atoms with Gasteiger partial charge in [0.1, 0.15) is 0 Å². The van der Waals surface area contributed by atoms with Crippen LogP contribution in [0.4, 0.5) is 5.69 Å². The summed E-state index contributed by atoms with van der Waals surface area (Å²) in [4.78, 5) is 0.404. The second-order valence-corrected chi connectivity index (χ2v) is 7.16. The average Bonchev–Trinajstić information content (AvgIpc) is 2.76. The second kappa shape index (κ2) is 5.71. The number of nitrogens with one attached hydrogen (secondary N) is 1. The lowest BCUT2D eigenvalue weighted by atomic mass is 10.0. The van der Waals surface area contributed by atoms with E-state index in [1.807, 2.05) is 12.1 Å². The van der Waals surface area contributed by atoms with Crippen LogP contribution in [0.15, 0.2) is 23.1 Å². The minimum atomic E-state index is -3.39. The second-order valence-electron chi connectivity index (χ2n) is 5.22. The fraction of sp³-hybridized carbons (Fsp3) is 0.571. The van der Waals surface area contributed by atoms with Gasteiger partial charge in [-0.2, -0.15) is 4.31 Å². The molecule has 0 spiro atoms. The number of aryl methyl sites for hydroxylation is 1. The van der Waals surface area contributed by atoms with Crippen LogP contribution in [0.3, 0.4) is 0 Å². The fourth-order valence-electron chi connectivity index (χ4n) is 2.72. The van der Waals surface area contributed by atoms with Crippen molar-refractivity contribution >= 4 is 15.7 Å². The zero-order valence-electron chi connectivity index (χ0n) is 11.5. The Balaban J connectivity index is 1.90. The molecule has 1 saturated heterocycles. The number of fused-ring (bicyclic) bond motifs is 1. The summed E-state index contributed by atoms with van der Waals surface area (Å²) in [6.45, 7) is 3.06. The minimum Gasteiger partial charge on any atom is -0.385 e. The summed E-state index contributed by atoms with van der Waals surface area (Å²) in [6.07, 6.45) is 2.74. The summed E-state index contributed by atoms with van der Waals surface area (Å²) in [5.74, 6) is 0. The Kier molecular flexibility index (Phi) is 3.96. The van der Waals surface area contributed by atoms with Gasteiger partial charge in [-0.3, -0.25) is 0 Å². The van der Waals surface area contributed by atoms with Gasteiger partial charge < -0.3 is 10.1 Å². The lowest BCUT2D eigenvalue weighted by Gasteiger charge is -2.22. The third kappa shape index (κ3) is 2.68. The number of nitrogens with zero attached hydrogens (tertiary/aromatic N) is 1. The first-order valence-corrected chi connectivity index (χ1v) is 8.57. The number of rotatable bonds is 2. The van der Waals surface area contributed by atoms with E-state index in [9.17, 15) is 8.42 Å². The topological polar surface area (TPSA) is 58.6 Å². The third-order valence-corrected chi connectivity index (χ3v) is 5.73. The van der Waals surface area contributed by atoms with Gasteiger partial charge in [-0.05, 0) is 43.0 Å². The first-order valence-electron chi connectivity index (χ1n) is 7.12. The minimum absolute atomic E-state index is 0.404. The van der Waals surface area contributed by atoms with Crippen molar-refractivity contribution < 1.29 is 13.2 Å². The Morgan fingerprint density at radius 1 is 1.15 bits per heavy atom. The van der Waals surface area contributed by atoms with Gasteiger partial charge in [-0.25, -0.2) is 8.42 Å². The molecule has 5 nitrogen and oxygen atoms in total. The Bertz CT molecular complexity index is 578. The Morgan fingerprint density at radius 3 is 2.95 bits per heavy atom. The Labute approximate surface area is 120 Å². The highest BCUT2D eigenvalue weighted by Gasteiger charge is 2.26. The molecule has 2 heterocycles. The molecule has 0 amide bonds. The normalized spacial score (nSPS) is 20.8. The third-order valence-electron chi connectivity index (χ3n) is 3.83. The molecule has 0 unspecified atom stereocenters. The highest BCUT2D eigenvalue weighted by Crippen LogP contribution is 2.26. The van der Waals surface area contributed by atoms with E-state index in [0.717, 1.165) is 37.1 Å². The SMILES string of the molecule is O=S(=O)(c1ccc2c(c1)CCCN2)N1CCCOCC1. The first kappa shape index (κ1) is 13.9. The van der Waals surface area contributed by atoms with E-state index in [-0.39, 0.29) is 0 Å². The van der Waals surface area contributed by atoms with Gasteiger partial charge in [0.05, 0.1) is 11.5 Å². The molecule has 0 saturated carbocycles. The smallest absolute Gasteiger partial charge is 0.243 e. The molecule has 0 aromatic heterocycles. The van der Waals surface area contributed by atoms with Crippen LogP contribution in [0.5, 0.6) is 0 Å². The van der Waals surface area contributed by atoms with Crippen LogP contribution in [-0.4, -0.2) is 45.6 Å². The van der Waals surface area contributed by atoms with Gasteiger partial charge in [0.2, 0.25) is 10.0 Å². The molecule has 2 aliphatic rings. The molecule has 6 heteroatoms. The molecule has 2 aliphatic heterocycles. The van der Waals surface area contributed by atoms with Gasteiger partial charge in [0.25, 0.3) is 0 Å². The maximum absolute atomic E-state index is 12.7. The molecule has 1 fully saturated rings. The standard InChI is InChI=1S/C14H20N2O3S/c17-20(18,16-7-2-9-19-10-8-16)13-4-5-14-12(11-13)3-1-6-15-14/h4-5,11,15H,1-3,6-10H2. The molecule has 0 aliphatic carbocycles. The summed E-state index contributed by atoms with van der Waals surface area (Å²) in [6, 6.07) is 5.41. The molecular weight excluding hydrogens is 276 g/mol. The fourth-order valence-corrected chi connectivity index (χ4v) is 4.24. The quantitative estimate of drug-likeness (QED) is 0.897. The van der Waals surface area contributed by atoms with Crippen molar-refractivity contribution in [1.82, 2.24) is 4.31 Å². The average molecular weight is 296 g/mol. The van der Waals surface area contributed by atoms with Crippen LogP contribution in [0, 0.1) is 0 Å². The monoisotopic (exact) mass is 296 g/mol. The molecule has 0 bridgehead atoms. The zero-order valence-corrected chi connectivity index (χ0v) is 12.3. The van der Waals surface area contributed by atoms with Crippen LogP contribution in [0.1, 0.15) is 18.4 Å². The summed E-state index contributed by atoms with van der Waals surface area (Å²) >= 11 is 0. The predicted octanol–water partition coefficient (Wildman–Crippen LogP) is 1.46. The molecule has 1 N–H and O–H groups in total. The highest BCUT2D eigenvalue weighted by molar-refractivity contribution is 7.89.